The number of carbonyl (C=O) groups excluding carboxylic acids is 1. The molecule has 0 amide bonds. The van der Waals surface area contributed by atoms with E-state index in [4.69, 9.17) is 0 Å². The van der Waals surface area contributed by atoms with Gasteiger partial charge in [-0.1, -0.05) is 34.7 Å². The van der Waals surface area contributed by atoms with Crippen molar-refractivity contribution in [2.75, 3.05) is 0 Å². The Morgan fingerprint density at radius 2 is 2.12 bits per heavy atom. The third-order valence-electron chi connectivity index (χ3n) is 2.00. The highest BCUT2D eigenvalue weighted by Crippen LogP contribution is 2.32. The molecule has 16 heavy (non-hydrogen) atoms. The quantitative estimate of drug-likeness (QED) is 0.785. The summed E-state index contributed by atoms with van der Waals surface area (Å²) in [4.78, 5) is 11.9. The van der Waals surface area contributed by atoms with Crippen LogP contribution >= 0.6 is 23.1 Å². The topological polar surface area (TPSA) is 42.9 Å². The van der Waals surface area contributed by atoms with Crippen molar-refractivity contribution in [1.82, 2.24) is 10.2 Å². The maximum absolute atomic E-state index is 10.9. The van der Waals surface area contributed by atoms with E-state index in [1.807, 2.05) is 32.0 Å². The zero-order chi connectivity index (χ0) is 11.5. The number of hydrogen-bond donors (Lipinski definition) is 0. The van der Waals surface area contributed by atoms with E-state index < -0.39 is 0 Å². The largest absolute Gasteiger partial charge is 0.298 e. The lowest BCUT2D eigenvalue weighted by Crippen LogP contribution is -1.86. The maximum atomic E-state index is 10.9. The molecule has 0 aliphatic carbocycles. The summed E-state index contributed by atoms with van der Waals surface area (Å²) < 4.78 is 0.865. The van der Waals surface area contributed by atoms with Crippen molar-refractivity contribution in [3.8, 4) is 0 Å². The lowest BCUT2D eigenvalue weighted by molar-refractivity contribution is 0.112. The highest BCUT2D eigenvalue weighted by molar-refractivity contribution is 8.01. The first kappa shape index (κ1) is 11.3. The molecule has 5 heteroatoms. The Labute approximate surface area is 102 Å². The summed E-state index contributed by atoms with van der Waals surface area (Å²) in [5, 5.41) is 8.90. The molecule has 0 aliphatic heterocycles. The Balaban J connectivity index is 2.30. The Hall–Kier alpha value is -1.20. The molecule has 0 atom stereocenters. The van der Waals surface area contributed by atoms with Crippen LogP contribution in [0.5, 0.6) is 0 Å². The van der Waals surface area contributed by atoms with Gasteiger partial charge in [0.2, 0.25) is 0 Å². The summed E-state index contributed by atoms with van der Waals surface area (Å²) in [6.45, 7) is 3.88. The van der Waals surface area contributed by atoms with Gasteiger partial charge in [0, 0.05) is 10.5 Å². The monoisotopic (exact) mass is 250 g/mol. The molecule has 1 aromatic carbocycles. The van der Waals surface area contributed by atoms with Gasteiger partial charge in [-0.25, -0.2) is 0 Å². The molecule has 0 fully saturated rings. The fourth-order valence-corrected chi connectivity index (χ4v) is 3.11. The zero-order valence-corrected chi connectivity index (χ0v) is 10.6. The molecule has 2 aromatic rings. The summed E-state index contributed by atoms with van der Waals surface area (Å²) in [7, 11) is 0. The Morgan fingerprint density at radius 3 is 2.75 bits per heavy atom. The Bertz CT molecular complexity index is 522. The molecule has 3 nitrogen and oxygen atoms in total. The Morgan fingerprint density at radius 1 is 1.31 bits per heavy atom. The van der Waals surface area contributed by atoms with Crippen LogP contribution in [0.1, 0.15) is 20.9 Å². The summed E-state index contributed by atoms with van der Waals surface area (Å²) in [5.74, 6) is 0. The van der Waals surface area contributed by atoms with Crippen molar-refractivity contribution >= 4 is 29.4 Å². The van der Waals surface area contributed by atoms with Gasteiger partial charge < -0.3 is 0 Å². The fraction of sp³-hybridized carbons (Fsp3) is 0.182. The number of nitrogens with zero attached hydrogens (tertiary/aromatic N) is 2. The maximum Gasteiger partial charge on any atom is 0.179 e. The molecule has 82 valence electrons. The summed E-state index contributed by atoms with van der Waals surface area (Å²) in [6, 6.07) is 5.81. The molecule has 0 bridgehead atoms. The minimum Gasteiger partial charge on any atom is -0.298 e. The zero-order valence-electron chi connectivity index (χ0n) is 8.93. The molecule has 0 unspecified atom stereocenters. The van der Waals surface area contributed by atoms with E-state index in [-0.39, 0.29) is 0 Å². The van der Waals surface area contributed by atoms with Gasteiger partial charge in [-0.15, -0.1) is 10.2 Å². The first-order valence-corrected chi connectivity index (χ1v) is 6.36. The van der Waals surface area contributed by atoms with Crippen LogP contribution in [-0.2, 0) is 0 Å². The highest BCUT2D eigenvalue weighted by atomic mass is 32.2. The first-order chi connectivity index (χ1) is 7.69. The lowest BCUT2D eigenvalue weighted by Gasteiger charge is -2.02. The number of carbonyl (C=O) groups is 1. The van der Waals surface area contributed by atoms with Crippen LogP contribution in [0, 0.1) is 13.8 Å². The SMILES string of the molecule is Cc1ccc(Sc2nnc(C)s2)c(C=O)c1. The van der Waals surface area contributed by atoms with Crippen molar-refractivity contribution < 1.29 is 4.79 Å². The van der Waals surface area contributed by atoms with Gasteiger partial charge >= 0.3 is 0 Å². The van der Waals surface area contributed by atoms with Gasteiger partial charge in [0.25, 0.3) is 0 Å². The minimum atomic E-state index is 0.706. The van der Waals surface area contributed by atoms with Crippen LogP contribution in [-0.4, -0.2) is 16.5 Å². The number of benzene rings is 1. The average Bonchev–Trinajstić information content (AvgIpc) is 2.67. The average molecular weight is 250 g/mol. The van der Waals surface area contributed by atoms with Crippen LogP contribution in [0.2, 0.25) is 0 Å². The molecule has 0 spiro atoms. The second-order valence-corrected chi connectivity index (χ2v) is 5.82. The number of rotatable bonds is 3. The van der Waals surface area contributed by atoms with E-state index in [9.17, 15) is 4.79 Å². The van der Waals surface area contributed by atoms with Crippen LogP contribution in [0.3, 0.4) is 0 Å². The standard InChI is InChI=1S/C11H10N2OS2/c1-7-3-4-10(9(5-7)6-14)16-11-13-12-8(2)15-11/h3-6H,1-2H3. The van der Waals surface area contributed by atoms with Crippen LogP contribution in [0.25, 0.3) is 0 Å². The molecule has 0 saturated carbocycles. The van der Waals surface area contributed by atoms with Crippen molar-refractivity contribution in [3.63, 3.8) is 0 Å². The van der Waals surface area contributed by atoms with Crippen LogP contribution in [0.15, 0.2) is 27.4 Å². The van der Waals surface area contributed by atoms with E-state index in [0.717, 1.165) is 26.1 Å². The van der Waals surface area contributed by atoms with Crippen LogP contribution in [0.4, 0.5) is 0 Å². The summed E-state index contributed by atoms with van der Waals surface area (Å²) in [6.07, 6.45) is 0.878. The number of aldehydes is 1. The molecule has 1 heterocycles. The van der Waals surface area contributed by atoms with Crippen molar-refractivity contribution in [1.29, 1.82) is 0 Å². The number of aromatic nitrogens is 2. The molecular weight excluding hydrogens is 240 g/mol. The smallest absolute Gasteiger partial charge is 0.179 e. The van der Waals surface area contributed by atoms with Gasteiger partial charge in [0.1, 0.15) is 5.01 Å². The van der Waals surface area contributed by atoms with Gasteiger partial charge in [-0.3, -0.25) is 4.79 Å². The van der Waals surface area contributed by atoms with Crippen LogP contribution < -0.4 is 0 Å². The molecule has 0 radical (unpaired) electrons. The summed E-state index contributed by atoms with van der Waals surface area (Å²) in [5.41, 5.74) is 1.79. The normalized spacial score (nSPS) is 10.4. The first-order valence-electron chi connectivity index (χ1n) is 4.73. The molecule has 0 aliphatic rings. The lowest BCUT2D eigenvalue weighted by atomic mass is 10.2. The predicted octanol–water partition coefficient (Wildman–Crippen LogP) is 3.12. The fourth-order valence-electron chi connectivity index (χ4n) is 1.27. The van der Waals surface area contributed by atoms with Gasteiger partial charge in [-0.05, 0) is 26.0 Å². The number of aryl methyl sites for hydroxylation is 2. The summed E-state index contributed by atoms with van der Waals surface area (Å²) >= 11 is 3.01. The van der Waals surface area contributed by atoms with E-state index in [0.29, 0.717) is 5.56 Å². The molecule has 0 saturated heterocycles. The molecule has 1 aromatic heterocycles. The van der Waals surface area contributed by atoms with Crippen molar-refractivity contribution in [3.05, 3.63) is 34.3 Å². The van der Waals surface area contributed by atoms with E-state index in [2.05, 4.69) is 10.2 Å². The van der Waals surface area contributed by atoms with E-state index >= 15 is 0 Å². The number of hydrogen-bond acceptors (Lipinski definition) is 5. The third-order valence-corrected chi connectivity index (χ3v) is 3.98. The van der Waals surface area contributed by atoms with Gasteiger partial charge in [0.15, 0.2) is 10.6 Å². The van der Waals surface area contributed by atoms with Gasteiger partial charge in [0.05, 0.1) is 0 Å². The second kappa shape index (κ2) is 4.76. The second-order valence-electron chi connectivity index (χ2n) is 3.35. The van der Waals surface area contributed by atoms with Crippen molar-refractivity contribution in [2.45, 2.75) is 23.1 Å². The minimum absolute atomic E-state index is 0.706. The predicted molar refractivity (Wildman–Crippen MR) is 65.3 cm³/mol. The van der Waals surface area contributed by atoms with E-state index in [1.165, 1.54) is 23.1 Å². The molecular formula is C11H10N2OS2. The molecule has 2 rings (SSSR count). The Kier molecular flexibility index (Phi) is 3.36. The van der Waals surface area contributed by atoms with Crippen molar-refractivity contribution in [2.24, 2.45) is 0 Å². The highest BCUT2D eigenvalue weighted by Gasteiger charge is 2.07. The van der Waals surface area contributed by atoms with E-state index in [1.54, 1.807) is 0 Å². The van der Waals surface area contributed by atoms with Gasteiger partial charge in [-0.2, -0.15) is 0 Å². The third kappa shape index (κ3) is 2.48. The molecule has 0 N–H and O–H groups in total.